The molecule has 8 nitrogen and oxygen atoms in total. The maximum absolute atomic E-state index is 13.9. The first kappa shape index (κ1) is 23.0. The lowest BCUT2D eigenvalue weighted by Crippen LogP contribution is -2.23. The maximum atomic E-state index is 13.9. The molecule has 0 spiro atoms. The van der Waals surface area contributed by atoms with E-state index in [1.54, 1.807) is 6.92 Å². The topological polar surface area (TPSA) is 95.3 Å². The van der Waals surface area contributed by atoms with E-state index in [-0.39, 0.29) is 33.6 Å². The van der Waals surface area contributed by atoms with E-state index in [1.165, 1.54) is 51.1 Å². The van der Waals surface area contributed by atoms with Gasteiger partial charge in [-0.2, -0.15) is 13.2 Å². The van der Waals surface area contributed by atoms with E-state index in [0.29, 0.717) is 5.82 Å². The van der Waals surface area contributed by atoms with Crippen molar-refractivity contribution in [3.8, 4) is 5.75 Å². The van der Waals surface area contributed by atoms with E-state index in [9.17, 15) is 22.8 Å². The number of nitrogens with zero attached hydrogens (tertiary/aromatic N) is 3. The summed E-state index contributed by atoms with van der Waals surface area (Å²) in [5.41, 5.74) is -1.45. The molecule has 0 aliphatic carbocycles. The number of esters is 1. The summed E-state index contributed by atoms with van der Waals surface area (Å²) in [5.74, 6) is -0.0739. The largest absolute Gasteiger partial charge is 0.493 e. The van der Waals surface area contributed by atoms with Crippen LogP contribution in [0.5, 0.6) is 5.75 Å². The molecule has 2 heterocycles. The number of fused-ring (bicyclic) bond motifs is 1. The number of rotatable bonds is 5. The van der Waals surface area contributed by atoms with Gasteiger partial charge >= 0.3 is 12.1 Å². The number of aryl methyl sites for hydroxylation is 1. The van der Waals surface area contributed by atoms with E-state index < -0.39 is 29.3 Å². The van der Waals surface area contributed by atoms with Gasteiger partial charge in [0.2, 0.25) is 0 Å². The monoisotopic (exact) mass is 450 g/mol. The molecule has 11 heteroatoms. The number of nitrogens with one attached hydrogen (secondary N) is 1. The molecule has 0 aliphatic rings. The van der Waals surface area contributed by atoms with Gasteiger partial charge in [-0.05, 0) is 31.5 Å². The van der Waals surface area contributed by atoms with Crippen molar-refractivity contribution in [3.63, 3.8) is 0 Å². The molecule has 0 fully saturated rings. The highest BCUT2D eigenvalue weighted by atomic mass is 19.4. The van der Waals surface area contributed by atoms with Crippen molar-refractivity contribution in [3.05, 3.63) is 57.3 Å². The Hall–Kier alpha value is -3.63. The zero-order valence-corrected chi connectivity index (χ0v) is 18.0. The van der Waals surface area contributed by atoms with Crippen LogP contribution in [0.3, 0.4) is 0 Å². The first-order valence-corrected chi connectivity index (χ1v) is 9.45. The molecular formula is C21H21F3N4O4. The SMILES string of the molecule is COC(=O)c1cnc(N[C@@H](C)c2cc3c(=O)n(C)c(C)nc3cc2C(F)(F)F)c(OC)c1. The Morgan fingerprint density at radius 2 is 1.91 bits per heavy atom. The molecule has 0 unspecified atom stereocenters. The first-order chi connectivity index (χ1) is 15.0. The van der Waals surface area contributed by atoms with Crippen molar-refractivity contribution in [1.29, 1.82) is 0 Å². The van der Waals surface area contributed by atoms with E-state index >= 15 is 0 Å². The summed E-state index contributed by atoms with van der Waals surface area (Å²) in [6.07, 6.45) is -3.46. The third kappa shape index (κ3) is 4.23. The number of halogens is 3. The summed E-state index contributed by atoms with van der Waals surface area (Å²) >= 11 is 0. The minimum atomic E-state index is -4.68. The lowest BCUT2D eigenvalue weighted by atomic mass is 9.98. The van der Waals surface area contributed by atoms with Gasteiger partial charge < -0.3 is 14.8 Å². The van der Waals surface area contributed by atoms with Crippen LogP contribution in [0, 0.1) is 6.92 Å². The summed E-state index contributed by atoms with van der Waals surface area (Å²) in [6, 6.07) is 2.51. The number of ether oxygens (including phenoxy) is 2. The summed E-state index contributed by atoms with van der Waals surface area (Å²) in [4.78, 5) is 32.5. The molecule has 1 aromatic carbocycles. The molecule has 0 saturated carbocycles. The third-order valence-electron chi connectivity index (χ3n) is 5.09. The predicted octanol–water partition coefficient (Wildman–Crippen LogP) is 3.62. The highest BCUT2D eigenvalue weighted by molar-refractivity contribution is 5.90. The van der Waals surface area contributed by atoms with E-state index in [4.69, 9.17) is 4.74 Å². The molecule has 0 aliphatic heterocycles. The quantitative estimate of drug-likeness (QED) is 0.593. The van der Waals surface area contributed by atoms with Crippen LogP contribution in [-0.2, 0) is 18.0 Å². The lowest BCUT2D eigenvalue weighted by molar-refractivity contribution is -0.138. The van der Waals surface area contributed by atoms with Gasteiger partial charge in [-0.3, -0.25) is 9.36 Å². The van der Waals surface area contributed by atoms with Gasteiger partial charge in [0.25, 0.3) is 5.56 Å². The Balaban J connectivity index is 2.12. The minimum Gasteiger partial charge on any atom is -0.493 e. The van der Waals surface area contributed by atoms with Gasteiger partial charge in [-0.15, -0.1) is 0 Å². The van der Waals surface area contributed by atoms with Crippen LogP contribution in [0.25, 0.3) is 10.9 Å². The van der Waals surface area contributed by atoms with Gasteiger partial charge in [-0.25, -0.2) is 14.8 Å². The number of pyridine rings is 1. The molecule has 170 valence electrons. The van der Waals surface area contributed by atoms with Gasteiger partial charge in [0.15, 0.2) is 11.6 Å². The van der Waals surface area contributed by atoms with Gasteiger partial charge in [0, 0.05) is 19.3 Å². The van der Waals surface area contributed by atoms with Crippen molar-refractivity contribution in [2.45, 2.75) is 26.1 Å². The second-order valence-electron chi connectivity index (χ2n) is 7.11. The average Bonchev–Trinajstić information content (AvgIpc) is 2.75. The molecule has 0 radical (unpaired) electrons. The van der Waals surface area contributed by atoms with Gasteiger partial charge in [0.1, 0.15) is 5.82 Å². The summed E-state index contributed by atoms with van der Waals surface area (Å²) < 4.78 is 52.7. The third-order valence-corrected chi connectivity index (χ3v) is 5.09. The Labute approximate surface area is 181 Å². The number of aromatic nitrogens is 3. The smallest absolute Gasteiger partial charge is 0.416 e. The molecular weight excluding hydrogens is 429 g/mol. The second-order valence-corrected chi connectivity index (χ2v) is 7.11. The number of hydrogen-bond acceptors (Lipinski definition) is 7. The highest BCUT2D eigenvalue weighted by Crippen LogP contribution is 2.38. The zero-order chi connectivity index (χ0) is 23.8. The van der Waals surface area contributed by atoms with Crippen molar-refractivity contribution in [1.82, 2.24) is 14.5 Å². The number of carbonyl (C=O) groups excluding carboxylic acids is 1. The van der Waals surface area contributed by atoms with Crippen LogP contribution in [0.4, 0.5) is 19.0 Å². The van der Waals surface area contributed by atoms with Crippen LogP contribution >= 0.6 is 0 Å². The Bertz CT molecular complexity index is 1250. The van der Waals surface area contributed by atoms with Crippen LogP contribution in [-0.4, -0.2) is 34.7 Å². The van der Waals surface area contributed by atoms with E-state index in [1.807, 2.05) is 0 Å². The molecule has 0 saturated heterocycles. The first-order valence-electron chi connectivity index (χ1n) is 9.45. The van der Waals surface area contributed by atoms with Crippen LogP contribution in [0.2, 0.25) is 0 Å². The number of carbonyl (C=O) groups is 1. The fourth-order valence-corrected chi connectivity index (χ4v) is 3.27. The maximum Gasteiger partial charge on any atom is 0.416 e. The molecule has 3 rings (SSSR count). The average molecular weight is 450 g/mol. The van der Waals surface area contributed by atoms with Gasteiger partial charge in [-0.1, -0.05) is 0 Å². The fraction of sp³-hybridized carbons (Fsp3) is 0.333. The van der Waals surface area contributed by atoms with Crippen molar-refractivity contribution < 1.29 is 27.4 Å². The normalized spacial score (nSPS) is 12.5. The van der Waals surface area contributed by atoms with Crippen LogP contribution < -0.4 is 15.6 Å². The number of anilines is 1. The minimum absolute atomic E-state index is 0.0352. The highest BCUT2D eigenvalue weighted by Gasteiger charge is 2.35. The Kier molecular flexibility index (Phi) is 6.11. The molecule has 0 amide bonds. The number of benzene rings is 1. The summed E-state index contributed by atoms with van der Waals surface area (Å²) in [6.45, 7) is 3.04. The second kappa shape index (κ2) is 8.48. The standard InChI is InChI=1S/C21H21F3N4O4/c1-10(26-18-17(31-4)6-12(9-25-18)20(30)32-5)13-7-14-16(8-15(13)21(22,23)24)27-11(2)28(3)19(14)29/h6-10H,1-5H3,(H,25,26)/t10-/m0/s1. The lowest BCUT2D eigenvalue weighted by Gasteiger charge is -2.22. The van der Waals surface area contributed by atoms with E-state index in [0.717, 1.165) is 6.07 Å². The molecule has 0 bridgehead atoms. The van der Waals surface area contributed by atoms with Crippen LogP contribution in [0.15, 0.2) is 29.2 Å². The molecule has 3 aromatic rings. The van der Waals surface area contributed by atoms with E-state index in [2.05, 4.69) is 20.0 Å². The van der Waals surface area contributed by atoms with Crippen molar-refractivity contribution in [2.75, 3.05) is 19.5 Å². The number of methoxy groups -OCH3 is 2. The number of alkyl halides is 3. The molecule has 2 aromatic heterocycles. The number of hydrogen-bond donors (Lipinski definition) is 1. The fourth-order valence-electron chi connectivity index (χ4n) is 3.27. The van der Waals surface area contributed by atoms with Crippen molar-refractivity contribution in [2.24, 2.45) is 7.05 Å². The molecule has 32 heavy (non-hydrogen) atoms. The Morgan fingerprint density at radius 1 is 1.22 bits per heavy atom. The van der Waals surface area contributed by atoms with Gasteiger partial charge in [0.05, 0.1) is 42.3 Å². The zero-order valence-electron chi connectivity index (χ0n) is 18.0. The molecule has 1 N–H and O–H groups in total. The molecule has 1 atom stereocenters. The van der Waals surface area contributed by atoms with Crippen LogP contribution in [0.1, 0.15) is 40.3 Å². The Morgan fingerprint density at radius 3 is 2.50 bits per heavy atom. The summed E-state index contributed by atoms with van der Waals surface area (Å²) in [7, 11) is 4.05. The van der Waals surface area contributed by atoms with Crippen molar-refractivity contribution >= 4 is 22.7 Å². The predicted molar refractivity (Wildman–Crippen MR) is 111 cm³/mol. The summed E-state index contributed by atoms with van der Waals surface area (Å²) in [5, 5.41) is 2.93.